The lowest BCUT2D eigenvalue weighted by molar-refractivity contribution is -0.136. The second-order valence-corrected chi connectivity index (χ2v) is 5.38. The summed E-state index contributed by atoms with van der Waals surface area (Å²) in [6, 6.07) is 0. The number of rotatable bonds is 6. The first-order chi connectivity index (χ1) is 6.37. The van der Waals surface area contributed by atoms with Gasteiger partial charge < -0.3 is 9.84 Å². The molecule has 0 rings (SSSR count). The average molecular weight is 220 g/mol. The highest BCUT2D eigenvalue weighted by Gasteiger charge is 2.15. The minimum atomic E-state index is -0.728. The Morgan fingerprint density at radius 2 is 2.07 bits per heavy atom. The summed E-state index contributed by atoms with van der Waals surface area (Å²) < 4.78 is 5.49. The van der Waals surface area contributed by atoms with Gasteiger partial charge in [-0.15, -0.1) is 11.8 Å². The fourth-order valence-corrected chi connectivity index (χ4v) is 1.74. The molecule has 1 N–H and O–H groups in total. The lowest BCUT2D eigenvalue weighted by Gasteiger charge is -2.19. The van der Waals surface area contributed by atoms with E-state index in [2.05, 4.69) is 0 Å². The quantitative estimate of drug-likeness (QED) is 0.698. The molecule has 0 bridgehead atoms. The second-order valence-electron chi connectivity index (χ2n) is 4.07. The van der Waals surface area contributed by atoms with E-state index >= 15 is 0 Å². The van der Waals surface area contributed by atoms with Crippen LogP contribution in [0.25, 0.3) is 0 Å². The third-order valence-corrected chi connectivity index (χ3v) is 2.92. The van der Waals surface area contributed by atoms with Gasteiger partial charge in [0.05, 0.1) is 12.2 Å². The number of aliphatic carboxylic acids is 1. The zero-order valence-electron chi connectivity index (χ0n) is 9.37. The summed E-state index contributed by atoms with van der Waals surface area (Å²) in [5.74, 6) is 0.00971. The van der Waals surface area contributed by atoms with Crippen molar-refractivity contribution in [3.05, 3.63) is 0 Å². The number of hydrogen-bond donors (Lipinski definition) is 1. The Kier molecular flexibility index (Phi) is 6.20. The van der Waals surface area contributed by atoms with Gasteiger partial charge in [0.1, 0.15) is 5.25 Å². The molecule has 0 saturated carbocycles. The monoisotopic (exact) mass is 220 g/mol. The van der Waals surface area contributed by atoms with Crippen molar-refractivity contribution in [2.24, 2.45) is 0 Å². The Balaban J connectivity index is 3.58. The summed E-state index contributed by atoms with van der Waals surface area (Å²) in [5, 5.41) is 8.48. The van der Waals surface area contributed by atoms with Crippen LogP contribution in [-0.2, 0) is 9.53 Å². The maximum atomic E-state index is 10.7. The molecule has 1 unspecified atom stereocenters. The predicted molar refractivity (Wildman–Crippen MR) is 59.9 cm³/mol. The van der Waals surface area contributed by atoms with E-state index < -0.39 is 5.97 Å². The molecule has 4 heteroatoms. The highest BCUT2D eigenvalue weighted by atomic mass is 32.2. The molecule has 0 saturated heterocycles. The molecule has 0 amide bonds. The zero-order valence-corrected chi connectivity index (χ0v) is 10.2. The smallest absolute Gasteiger partial charge is 0.316 e. The van der Waals surface area contributed by atoms with Gasteiger partial charge in [-0.05, 0) is 27.2 Å². The SMILES string of the molecule is CCC(SCCOC(C)(C)C)C(=O)O. The molecule has 0 aromatic heterocycles. The van der Waals surface area contributed by atoms with Crippen LogP contribution in [0.2, 0.25) is 0 Å². The van der Waals surface area contributed by atoms with Crippen LogP contribution in [0.15, 0.2) is 0 Å². The molecule has 0 aliphatic rings. The molecule has 14 heavy (non-hydrogen) atoms. The molecule has 0 radical (unpaired) electrons. The van der Waals surface area contributed by atoms with Gasteiger partial charge in [-0.2, -0.15) is 0 Å². The Labute approximate surface area is 90.2 Å². The Morgan fingerprint density at radius 3 is 2.43 bits per heavy atom. The molecule has 0 aromatic carbocycles. The summed E-state index contributed by atoms with van der Waals surface area (Å²) >= 11 is 1.45. The van der Waals surface area contributed by atoms with Crippen LogP contribution in [0.4, 0.5) is 0 Å². The van der Waals surface area contributed by atoms with E-state index in [4.69, 9.17) is 9.84 Å². The highest BCUT2D eigenvalue weighted by molar-refractivity contribution is 8.00. The maximum absolute atomic E-state index is 10.7. The van der Waals surface area contributed by atoms with Crippen molar-refractivity contribution in [2.45, 2.75) is 45.0 Å². The molecule has 3 nitrogen and oxygen atoms in total. The number of ether oxygens (including phenoxy) is 1. The van der Waals surface area contributed by atoms with E-state index in [0.717, 1.165) is 5.75 Å². The van der Waals surface area contributed by atoms with Crippen LogP contribution in [0.3, 0.4) is 0 Å². The van der Waals surface area contributed by atoms with Gasteiger partial charge in [0, 0.05) is 5.75 Å². The summed E-state index contributed by atoms with van der Waals surface area (Å²) in [6.07, 6.45) is 0.662. The maximum Gasteiger partial charge on any atom is 0.316 e. The third-order valence-electron chi connectivity index (χ3n) is 1.58. The fraction of sp³-hybridized carbons (Fsp3) is 0.900. The molecule has 0 heterocycles. The van der Waals surface area contributed by atoms with Gasteiger partial charge in [0.2, 0.25) is 0 Å². The van der Waals surface area contributed by atoms with E-state index in [1.165, 1.54) is 11.8 Å². The van der Waals surface area contributed by atoms with Gasteiger partial charge in [0.15, 0.2) is 0 Å². The fourth-order valence-electron chi connectivity index (χ4n) is 0.902. The molecule has 0 fully saturated rings. The third kappa shape index (κ3) is 7.21. The standard InChI is InChI=1S/C10H20O3S/c1-5-8(9(11)12)14-7-6-13-10(2,3)4/h8H,5-7H2,1-4H3,(H,11,12). The van der Waals surface area contributed by atoms with Crippen molar-refractivity contribution in [2.75, 3.05) is 12.4 Å². The van der Waals surface area contributed by atoms with Crippen LogP contribution in [0.1, 0.15) is 34.1 Å². The number of carboxylic acid groups (broad SMARTS) is 1. The molecule has 0 spiro atoms. The van der Waals surface area contributed by atoms with Gasteiger partial charge in [-0.3, -0.25) is 4.79 Å². The van der Waals surface area contributed by atoms with Crippen molar-refractivity contribution >= 4 is 17.7 Å². The molecular formula is C10H20O3S. The summed E-state index contributed by atoms with van der Waals surface area (Å²) in [4.78, 5) is 10.7. The largest absolute Gasteiger partial charge is 0.480 e. The number of carbonyl (C=O) groups is 1. The van der Waals surface area contributed by atoms with Gasteiger partial charge >= 0.3 is 5.97 Å². The van der Waals surface area contributed by atoms with Crippen LogP contribution in [0.5, 0.6) is 0 Å². The Hall–Kier alpha value is -0.220. The van der Waals surface area contributed by atoms with E-state index in [1.54, 1.807) is 0 Å². The number of hydrogen-bond acceptors (Lipinski definition) is 3. The van der Waals surface area contributed by atoms with Crippen LogP contribution in [0, 0.1) is 0 Å². The van der Waals surface area contributed by atoms with Gasteiger partial charge in [-0.1, -0.05) is 6.92 Å². The van der Waals surface area contributed by atoms with Crippen molar-refractivity contribution in [1.82, 2.24) is 0 Å². The Bertz CT molecular complexity index is 175. The molecule has 1 atom stereocenters. The minimum Gasteiger partial charge on any atom is -0.480 e. The Morgan fingerprint density at radius 1 is 1.50 bits per heavy atom. The van der Waals surface area contributed by atoms with Crippen molar-refractivity contribution in [1.29, 1.82) is 0 Å². The molecular weight excluding hydrogens is 200 g/mol. The zero-order chi connectivity index (χ0) is 11.2. The molecule has 84 valence electrons. The van der Waals surface area contributed by atoms with Gasteiger partial charge in [-0.25, -0.2) is 0 Å². The topological polar surface area (TPSA) is 46.5 Å². The lowest BCUT2D eigenvalue weighted by atomic mass is 10.2. The average Bonchev–Trinajstić information content (AvgIpc) is 2.01. The van der Waals surface area contributed by atoms with E-state index in [1.807, 2.05) is 27.7 Å². The first kappa shape index (κ1) is 13.8. The van der Waals surface area contributed by atoms with Crippen LogP contribution >= 0.6 is 11.8 Å². The summed E-state index contributed by atoms with van der Waals surface area (Å²) in [7, 11) is 0. The van der Waals surface area contributed by atoms with E-state index in [0.29, 0.717) is 13.0 Å². The van der Waals surface area contributed by atoms with Crippen molar-refractivity contribution in [3.8, 4) is 0 Å². The molecule has 0 aliphatic carbocycles. The van der Waals surface area contributed by atoms with Crippen molar-refractivity contribution < 1.29 is 14.6 Å². The van der Waals surface area contributed by atoms with Crippen molar-refractivity contribution in [3.63, 3.8) is 0 Å². The van der Waals surface area contributed by atoms with E-state index in [-0.39, 0.29) is 10.9 Å². The summed E-state index contributed by atoms with van der Waals surface area (Å²) in [6.45, 7) is 8.47. The first-order valence-corrected chi connectivity index (χ1v) is 5.90. The first-order valence-electron chi connectivity index (χ1n) is 4.85. The number of carboxylic acids is 1. The second kappa shape index (κ2) is 6.30. The highest BCUT2D eigenvalue weighted by Crippen LogP contribution is 2.15. The van der Waals surface area contributed by atoms with Crippen LogP contribution < -0.4 is 0 Å². The molecule has 0 aliphatic heterocycles. The van der Waals surface area contributed by atoms with Crippen LogP contribution in [-0.4, -0.2) is 34.3 Å². The predicted octanol–water partition coefficient (Wildman–Crippen LogP) is 2.40. The van der Waals surface area contributed by atoms with Gasteiger partial charge in [0.25, 0.3) is 0 Å². The normalized spacial score (nSPS) is 14.0. The van der Waals surface area contributed by atoms with E-state index in [9.17, 15) is 4.79 Å². The number of thioether (sulfide) groups is 1. The minimum absolute atomic E-state index is 0.133. The molecule has 0 aromatic rings. The summed E-state index contributed by atoms with van der Waals surface area (Å²) in [5.41, 5.74) is -0.133. The lowest BCUT2D eigenvalue weighted by Crippen LogP contribution is -2.22.